The Morgan fingerprint density at radius 1 is 0.951 bits per heavy atom. The van der Waals surface area contributed by atoms with Gasteiger partial charge in [0.15, 0.2) is 11.0 Å². The van der Waals surface area contributed by atoms with E-state index in [1.165, 1.54) is 33.6 Å². The van der Waals surface area contributed by atoms with Crippen molar-refractivity contribution in [1.82, 2.24) is 24.8 Å². The molecule has 1 N–H and O–H groups in total. The molecule has 0 saturated heterocycles. The van der Waals surface area contributed by atoms with Crippen LogP contribution in [0.1, 0.15) is 18.1 Å². The first-order chi connectivity index (χ1) is 20.0. The highest BCUT2D eigenvalue weighted by molar-refractivity contribution is 7.99. The number of hydrazone groups is 1. The minimum atomic E-state index is -0.235. The molecule has 0 saturated carbocycles. The van der Waals surface area contributed by atoms with E-state index in [-0.39, 0.29) is 11.7 Å². The number of thioether (sulfide) groups is 1. The number of benzene rings is 4. The predicted molar refractivity (Wildman–Crippen MR) is 168 cm³/mol. The third-order valence-corrected chi connectivity index (χ3v) is 8.06. The molecule has 0 atom stereocenters. The van der Waals surface area contributed by atoms with Crippen LogP contribution < -0.4 is 5.43 Å². The Kier molecular flexibility index (Phi) is 7.59. The Balaban J connectivity index is 1.18. The first-order valence-corrected chi connectivity index (χ1v) is 14.6. The number of fused-ring (bicyclic) bond motifs is 3. The normalized spacial score (nSPS) is 11.6. The van der Waals surface area contributed by atoms with E-state index >= 15 is 0 Å². The molecule has 1 amide bonds. The van der Waals surface area contributed by atoms with Gasteiger partial charge >= 0.3 is 0 Å². The number of nitrogens with one attached hydrogen (secondary N) is 1. The highest BCUT2D eigenvalue weighted by Crippen LogP contribution is 2.30. The number of hydrogen-bond acceptors (Lipinski definition) is 5. The van der Waals surface area contributed by atoms with E-state index in [0.29, 0.717) is 16.0 Å². The molecule has 0 unspecified atom stereocenters. The SMILES string of the molecule is CCn1c2ccccc2c2cc(C=NNC(=O)CSc3nnc(-c4ccc(Cl)cc4)n3-c3ccc(C)cc3)ccc21. The van der Waals surface area contributed by atoms with Crippen molar-refractivity contribution < 1.29 is 4.79 Å². The van der Waals surface area contributed by atoms with Crippen LogP contribution in [0.2, 0.25) is 5.02 Å². The third-order valence-electron chi connectivity index (χ3n) is 6.88. The number of halogens is 1. The summed E-state index contributed by atoms with van der Waals surface area (Å²) in [5, 5.41) is 16.7. The van der Waals surface area contributed by atoms with Gasteiger partial charge in [-0.25, -0.2) is 5.43 Å². The van der Waals surface area contributed by atoms with Gasteiger partial charge in [-0.2, -0.15) is 5.10 Å². The molecule has 41 heavy (non-hydrogen) atoms. The van der Waals surface area contributed by atoms with Gasteiger partial charge in [-0.15, -0.1) is 10.2 Å². The Bertz CT molecular complexity index is 1890. The zero-order valence-corrected chi connectivity index (χ0v) is 24.2. The summed E-state index contributed by atoms with van der Waals surface area (Å²) < 4.78 is 4.25. The number of carbonyl (C=O) groups is 1. The maximum Gasteiger partial charge on any atom is 0.250 e. The van der Waals surface area contributed by atoms with E-state index in [0.717, 1.165) is 28.9 Å². The van der Waals surface area contributed by atoms with Crippen LogP contribution in [0, 0.1) is 6.92 Å². The number of amides is 1. The number of aromatic nitrogens is 4. The maximum absolute atomic E-state index is 12.7. The van der Waals surface area contributed by atoms with Crippen molar-refractivity contribution in [1.29, 1.82) is 0 Å². The van der Waals surface area contributed by atoms with Gasteiger partial charge in [-0.3, -0.25) is 9.36 Å². The standard InChI is InChI=1S/C32H27ClN6OS/c1-3-38-28-7-5-4-6-26(28)27-18-22(10-17-29(27)38)19-34-35-30(40)20-41-32-37-36-31(23-11-13-24(33)14-12-23)39(32)25-15-8-21(2)9-16-25/h4-19H,3,20H2,1-2H3,(H,35,40). The third kappa shape index (κ3) is 5.49. The Morgan fingerprint density at radius 3 is 2.49 bits per heavy atom. The summed E-state index contributed by atoms with van der Waals surface area (Å²) in [5.74, 6) is 0.568. The van der Waals surface area contributed by atoms with Crippen LogP contribution in [-0.4, -0.2) is 37.2 Å². The molecule has 0 aliphatic heterocycles. The van der Waals surface area contributed by atoms with Gasteiger partial charge in [-0.05, 0) is 74.0 Å². The van der Waals surface area contributed by atoms with Crippen molar-refractivity contribution >= 4 is 57.3 Å². The van der Waals surface area contributed by atoms with Crippen LogP contribution in [0.5, 0.6) is 0 Å². The minimum Gasteiger partial charge on any atom is -0.341 e. The zero-order valence-electron chi connectivity index (χ0n) is 22.6. The van der Waals surface area contributed by atoms with Crippen LogP contribution in [0.4, 0.5) is 0 Å². The Hall–Kier alpha value is -4.40. The second kappa shape index (κ2) is 11.6. The highest BCUT2D eigenvalue weighted by atomic mass is 35.5. The lowest BCUT2D eigenvalue weighted by molar-refractivity contribution is -0.118. The van der Waals surface area contributed by atoms with Crippen molar-refractivity contribution in [2.24, 2.45) is 5.10 Å². The summed E-state index contributed by atoms with van der Waals surface area (Å²) in [6.07, 6.45) is 1.67. The largest absolute Gasteiger partial charge is 0.341 e. The number of carbonyl (C=O) groups excluding carboxylic acids is 1. The van der Waals surface area contributed by atoms with E-state index in [1.54, 1.807) is 6.21 Å². The van der Waals surface area contributed by atoms with Crippen molar-refractivity contribution in [3.63, 3.8) is 0 Å². The smallest absolute Gasteiger partial charge is 0.250 e. The molecule has 0 aliphatic rings. The van der Waals surface area contributed by atoms with E-state index in [2.05, 4.69) is 68.6 Å². The van der Waals surface area contributed by atoms with Gasteiger partial charge in [0.1, 0.15) is 0 Å². The fourth-order valence-electron chi connectivity index (χ4n) is 4.91. The van der Waals surface area contributed by atoms with Crippen LogP contribution in [0.15, 0.2) is 101 Å². The van der Waals surface area contributed by atoms with Crippen LogP contribution >= 0.6 is 23.4 Å². The van der Waals surface area contributed by atoms with Crippen LogP contribution in [-0.2, 0) is 11.3 Å². The maximum atomic E-state index is 12.7. The number of aryl methyl sites for hydroxylation is 2. The molecule has 9 heteroatoms. The van der Waals surface area contributed by atoms with E-state index in [4.69, 9.17) is 11.6 Å². The molecular weight excluding hydrogens is 552 g/mol. The number of hydrogen-bond donors (Lipinski definition) is 1. The number of nitrogens with zero attached hydrogens (tertiary/aromatic N) is 5. The molecule has 0 aliphatic carbocycles. The predicted octanol–water partition coefficient (Wildman–Crippen LogP) is 7.27. The van der Waals surface area contributed by atoms with Gasteiger partial charge in [0.25, 0.3) is 5.91 Å². The average Bonchev–Trinajstić information content (AvgIpc) is 3.56. The van der Waals surface area contributed by atoms with E-state index < -0.39 is 0 Å². The fraction of sp³-hybridized carbons (Fsp3) is 0.125. The monoisotopic (exact) mass is 578 g/mol. The molecule has 0 spiro atoms. The molecule has 0 fully saturated rings. The summed E-state index contributed by atoms with van der Waals surface area (Å²) in [6, 6.07) is 30.2. The Labute approximate surface area is 246 Å². The number of para-hydroxylation sites is 1. The van der Waals surface area contributed by atoms with Gasteiger partial charge in [-0.1, -0.05) is 65.3 Å². The molecule has 6 rings (SSSR count). The topological polar surface area (TPSA) is 77.1 Å². The molecule has 0 radical (unpaired) electrons. The van der Waals surface area contributed by atoms with E-state index in [9.17, 15) is 4.79 Å². The average molecular weight is 579 g/mol. The van der Waals surface area contributed by atoms with Crippen molar-refractivity contribution in [2.45, 2.75) is 25.5 Å². The summed E-state index contributed by atoms with van der Waals surface area (Å²) in [6.45, 7) is 5.08. The van der Waals surface area contributed by atoms with Gasteiger partial charge in [0.2, 0.25) is 0 Å². The molecular formula is C32H27ClN6OS. The lowest BCUT2D eigenvalue weighted by Crippen LogP contribution is -2.20. The fourth-order valence-corrected chi connectivity index (χ4v) is 5.78. The quantitative estimate of drug-likeness (QED) is 0.117. The molecule has 2 aromatic heterocycles. The summed E-state index contributed by atoms with van der Waals surface area (Å²) in [5.41, 5.74) is 8.89. The van der Waals surface area contributed by atoms with Crippen LogP contribution in [0.25, 0.3) is 38.9 Å². The van der Waals surface area contributed by atoms with Gasteiger partial charge in [0, 0.05) is 44.6 Å². The number of rotatable bonds is 8. The molecule has 4 aromatic carbocycles. The van der Waals surface area contributed by atoms with Crippen molar-refractivity contribution in [3.8, 4) is 17.1 Å². The molecule has 204 valence electrons. The minimum absolute atomic E-state index is 0.130. The lowest BCUT2D eigenvalue weighted by atomic mass is 10.1. The van der Waals surface area contributed by atoms with Gasteiger partial charge < -0.3 is 4.57 Å². The molecule has 0 bridgehead atoms. The lowest BCUT2D eigenvalue weighted by Gasteiger charge is -2.10. The summed E-state index contributed by atoms with van der Waals surface area (Å²) >= 11 is 7.40. The summed E-state index contributed by atoms with van der Waals surface area (Å²) in [4.78, 5) is 12.7. The van der Waals surface area contributed by atoms with E-state index in [1.807, 2.05) is 66.1 Å². The van der Waals surface area contributed by atoms with Crippen molar-refractivity contribution in [3.05, 3.63) is 107 Å². The van der Waals surface area contributed by atoms with Gasteiger partial charge in [0.05, 0.1) is 12.0 Å². The summed E-state index contributed by atoms with van der Waals surface area (Å²) in [7, 11) is 0. The second-order valence-electron chi connectivity index (χ2n) is 9.60. The Morgan fingerprint density at radius 2 is 1.71 bits per heavy atom. The molecule has 7 nitrogen and oxygen atoms in total. The molecule has 6 aromatic rings. The van der Waals surface area contributed by atoms with Crippen LogP contribution in [0.3, 0.4) is 0 Å². The second-order valence-corrected chi connectivity index (χ2v) is 11.0. The molecule has 2 heterocycles. The van der Waals surface area contributed by atoms with Crippen molar-refractivity contribution in [2.75, 3.05) is 5.75 Å². The first kappa shape index (κ1) is 26.8. The highest BCUT2D eigenvalue weighted by Gasteiger charge is 2.17. The first-order valence-electron chi connectivity index (χ1n) is 13.3. The zero-order chi connectivity index (χ0) is 28.3.